The molecule has 5 nitrogen and oxygen atoms in total. The van der Waals surface area contributed by atoms with Crippen molar-refractivity contribution in [3.63, 3.8) is 0 Å². The van der Waals surface area contributed by atoms with E-state index in [1.54, 1.807) is 6.20 Å². The van der Waals surface area contributed by atoms with E-state index >= 15 is 0 Å². The minimum absolute atomic E-state index is 0.748. The number of nitrogens with zero attached hydrogens (tertiary/aromatic N) is 4. The fourth-order valence-corrected chi connectivity index (χ4v) is 1.61. The Morgan fingerprint density at radius 2 is 2.25 bits per heavy atom. The quantitative estimate of drug-likeness (QED) is 0.848. The molecule has 2 rings (SSSR count). The molecule has 0 spiro atoms. The summed E-state index contributed by atoms with van der Waals surface area (Å²) in [6.07, 6.45) is 3.85. The first-order chi connectivity index (χ1) is 7.70. The summed E-state index contributed by atoms with van der Waals surface area (Å²) in [5, 5.41) is 11.9. The van der Waals surface area contributed by atoms with Crippen LogP contribution in [0, 0.1) is 6.92 Å². The van der Waals surface area contributed by atoms with Gasteiger partial charge in [-0.2, -0.15) is 10.2 Å². The van der Waals surface area contributed by atoms with Crippen LogP contribution in [0.2, 0.25) is 0 Å². The standard InChI is InChI=1S/C11H17N5/c1-4-16-8-9(2)11(14-16)12-7-10-5-6-13-15(10)3/h5-6,8H,4,7H2,1-3H3,(H,12,14). The average molecular weight is 219 g/mol. The van der Waals surface area contributed by atoms with Crippen molar-refractivity contribution in [3.8, 4) is 0 Å². The highest BCUT2D eigenvalue weighted by atomic mass is 15.3. The first-order valence-corrected chi connectivity index (χ1v) is 5.45. The maximum absolute atomic E-state index is 4.43. The topological polar surface area (TPSA) is 47.7 Å². The number of aryl methyl sites for hydroxylation is 3. The van der Waals surface area contributed by atoms with Crippen molar-refractivity contribution in [1.29, 1.82) is 0 Å². The summed E-state index contributed by atoms with van der Waals surface area (Å²) in [4.78, 5) is 0. The fourth-order valence-electron chi connectivity index (χ4n) is 1.61. The lowest BCUT2D eigenvalue weighted by Gasteiger charge is -2.04. The lowest BCUT2D eigenvalue weighted by Crippen LogP contribution is -2.06. The van der Waals surface area contributed by atoms with Crippen LogP contribution >= 0.6 is 0 Å². The molecule has 0 unspecified atom stereocenters. The minimum Gasteiger partial charge on any atom is -0.363 e. The fraction of sp³-hybridized carbons (Fsp3) is 0.455. The van der Waals surface area contributed by atoms with Crippen LogP contribution in [-0.2, 0) is 20.1 Å². The number of hydrogen-bond acceptors (Lipinski definition) is 3. The molecule has 0 bridgehead atoms. The van der Waals surface area contributed by atoms with Gasteiger partial charge >= 0.3 is 0 Å². The van der Waals surface area contributed by atoms with Crippen molar-refractivity contribution >= 4 is 5.82 Å². The SMILES string of the molecule is CCn1cc(C)c(NCc2ccnn2C)n1. The summed E-state index contributed by atoms with van der Waals surface area (Å²) < 4.78 is 3.79. The molecular weight excluding hydrogens is 202 g/mol. The van der Waals surface area contributed by atoms with E-state index in [0.717, 1.165) is 24.6 Å². The highest BCUT2D eigenvalue weighted by molar-refractivity contribution is 5.41. The molecule has 5 heteroatoms. The van der Waals surface area contributed by atoms with Gasteiger partial charge in [-0.3, -0.25) is 9.36 Å². The van der Waals surface area contributed by atoms with Gasteiger partial charge in [0, 0.05) is 31.5 Å². The van der Waals surface area contributed by atoms with Gasteiger partial charge in [0.1, 0.15) is 0 Å². The van der Waals surface area contributed by atoms with Crippen LogP contribution in [0.3, 0.4) is 0 Å². The van der Waals surface area contributed by atoms with Crippen LogP contribution in [-0.4, -0.2) is 19.6 Å². The Kier molecular flexibility index (Phi) is 2.94. The second-order valence-electron chi connectivity index (χ2n) is 3.82. The summed E-state index contributed by atoms with van der Waals surface area (Å²) in [6.45, 7) is 5.79. The van der Waals surface area contributed by atoms with Crippen LogP contribution in [0.4, 0.5) is 5.82 Å². The van der Waals surface area contributed by atoms with Crippen molar-refractivity contribution in [2.45, 2.75) is 26.9 Å². The van der Waals surface area contributed by atoms with Gasteiger partial charge in [-0.05, 0) is 19.9 Å². The summed E-state index contributed by atoms with van der Waals surface area (Å²) in [6, 6.07) is 2.00. The van der Waals surface area contributed by atoms with E-state index in [4.69, 9.17) is 0 Å². The lowest BCUT2D eigenvalue weighted by molar-refractivity contribution is 0.659. The van der Waals surface area contributed by atoms with Gasteiger partial charge in [-0.15, -0.1) is 0 Å². The summed E-state index contributed by atoms with van der Waals surface area (Å²) in [7, 11) is 1.94. The van der Waals surface area contributed by atoms with E-state index in [-0.39, 0.29) is 0 Å². The Bertz CT molecular complexity index is 468. The number of rotatable bonds is 4. The zero-order valence-electron chi connectivity index (χ0n) is 9.94. The molecule has 0 aliphatic heterocycles. The molecule has 0 aliphatic rings. The second kappa shape index (κ2) is 4.38. The van der Waals surface area contributed by atoms with E-state index in [1.165, 1.54) is 5.56 Å². The Hall–Kier alpha value is -1.78. The largest absolute Gasteiger partial charge is 0.363 e. The van der Waals surface area contributed by atoms with Crippen LogP contribution in [0.1, 0.15) is 18.2 Å². The molecule has 0 saturated heterocycles. The van der Waals surface area contributed by atoms with Gasteiger partial charge in [0.05, 0.1) is 12.2 Å². The molecule has 0 saturated carbocycles. The Morgan fingerprint density at radius 1 is 1.44 bits per heavy atom. The van der Waals surface area contributed by atoms with Gasteiger partial charge in [0.25, 0.3) is 0 Å². The molecule has 0 atom stereocenters. The van der Waals surface area contributed by atoms with Crippen LogP contribution < -0.4 is 5.32 Å². The van der Waals surface area contributed by atoms with E-state index in [0.29, 0.717) is 0 Å². The van der Waals surface area contributed by atoms with E-state index < -0.39 is 0 Å². The maximum Gasteiger partial charge on any atom is 0.151 e. The molecule has 16 heavy (non-hydrogen) atoms. The molecule has 0 radical (unpaired) electrons. The normalized spacial score (nSPS) is 10.7. The molecule has 1 N–H and O–H groups in total. The summed E-state index contributed by atoms with van der Waals surface area (Å²) in [5.74, 6) is 0.947. The lowest BCUT2D eigenvalue weighted by atomic mass is 10.3. The molecule has 2 aromatic rings. The Labute approximate surface area is 95.1 Å². The third-order valence-corrected chi connectivity index (χ3v) is 2.63. The van der Waals surface area contributed by atoms with Crippen molar-refractivity contribution < 1.29 is 0 Å². The van der Waals surface area contributed by atoms with Crippen molar-refractivity contribution in [2.24, 2.45) is 7.05 Å². The number of anilines is 1. The third-order valence-electron chi connectivity index (χ3n) is 2.63. The number of hydrogen-bond donors (Lipinski definition) is 1. The molecule has 0 aliphatic carbocycles. The number of aromatic nitrogens is 4. The minimum atomic E-state index is 0.748. The highest BCUT2D eigenvalue weighted by Gasteiger charge is 2.04. The summed E-state index contributed by atoms with van der Waals surface area (Å²) >= 11 is 0. The monoisotopic (exact) mass is 219 g/mol. The predicted molar refractivity (Wildman–Crippen MR) is 63.2 cm³/mol. The van der Waals surface area contributed by atoms with Gasteiger partial charge in [0.2, 0.25) is 0 Å². The average Bonchev–Trinajstić information content (AvgIpc) is 2.82. The molecule has 2 heterocycles. The Morgan fingerprint density at radius 3 is 2.81 bits per heavy atom. The van der Waals surface area contributed by atoms with Gasteiger partial charge in [-0.1, -0.05) is 0 Å². The first kappa shape index (κ1) is 10.7. The predicted octanol–water partition coefficient (Wildman–Crippen LogP) is 1.56. The van der Waals surface area contributed by atoms with E-state index in [2.05, 4.69) is 29.4 Å². The molecular formula is C11H17N5. The van der Waals surface area contributed by atoms with Crippen LogP contribution in [0.25, 0.3) is 0 Å². The molecule has 2 aromatic heterocycles. The first-order valence-electron chi connectivity index (χ1n) is 5.45. The van der Waals surface area contributed by atoms with Crippen molar-refractivity contribution in [2.75, 3.05) is 5.32 Å². The third kappa shape index (κ3) is 2.08. The molecule has 0 amide bonds. The zero-order chi connectivity index (χ0) is 11.5. The van der Waals surface area contributed by atoms with Gasteiger partial charge in [0.15, 0.2) is 5.82 Å². The van der Waals surface area contributed by atoms with Crippen molar-refractivity contribution in [3.05, 3.63) is 29.7 Å². The molecule has 0 aromatic carbocycles. The van der Waals surface area contributed by atoms with Crippen LogP contribution in [0.15, 0.2) is 18.5 Å². The van der Waals surface area contributed by atoms with E-state index in [1.807, 2.05) is 28.7 Å². The van der Waals surface area contributed by atoms with Gasteiger partial charge < -0.3 is 5.32 Å². The van der Waals surface area contributed by atoms with Gasteiger partial charge in [-0.25, -0.2) is 0 Å². The smallest absolute Gasteiger partial charge is 0.151 e. The molecule has 0 fully saturated rings. The summed E-state index contributed by atoms with van der Waals surface area (Å²) in [5.41, 5.74) is 2.31. The zero-order valence-corrected chi connectivity index (χ0v) is 9.94. The van der Waals surface area contributed by atoms with Crippen LogP contribution in [0.5, 0.6) is 0 Å². The second-order valence-corrected chi connectivity index (χ2v) is 3.82. The molecule has 86 valence electrons. The van der Waals surface area contributed by atoms with Crippen molar-refractivity contribution in [1.82, 2.24) is 19.6 Å². The van der Waals surface area contributed by atoms with E-state index in [9.17, 15) is 0 Å². The Balaban J connectivity index is 2.04. The number of nitrogens with one attached hydrogen (secondary N) is 1. The highest BCUT2D eigenvalue weighted by Crippen LogP contribution is 2.12. The maximum atomic E-state index is 4.43.